The molecule has 3 rings (SSSR count). The fourth-order valence-electron chi connectivity index (χ4n) is 3.45. The molecule has 2 heterocycles. The molecule has 0 saturated carbocycles. The molecule has 25 heavy (non-hydrogen) atoms. The third kappa shape index (κ3) is 3.10. The van der Waals surface area contributed by atoms with E-state index in [4.69, 9.17) is 18.9 Å². The lowest BCUT2D eigenvalue weighted by molar-refractivity contribution is -0.0103. The topological polar surface area (TPSA) is 74.3 Å². The van der Waals surface area contributed by atoms with Crippen molar-refractivity contribution in [2.45, 2.75) is 31.8 Å². The van der Waals surface area contributed by atoms with E-state index in [-0.39, 0.29) is 11.9 Å². The molecule has 0 N–H and O–H groups in total. The lowest BCUT2D eigenvalue weighted by Crippen LogP contribution is -2.52. The molecule has 2 aliphatic heterocycles. The highest BCUT2D eigenvalue weighted by atomic mass is 16.6. The zero-order chi connectivity index (χ0) is 18.0. The molecule has 1 spiro atoms. The summed E-state index contributed by atoms with van der Waals surface area (Å²) in [5.41, 5.74) is -0.108. The van der Waals surface area contributed by atoms with Crippen LogP contribution < -0.4 is 14.2 Å². The van der Waals surface area contributed by atoms with Crippen molar-refractivity contribution in [1.82, 2.24) is 4.90 Å². The monoisotopic (exact) mass is 349 g/mol. The molecular formula is C18H23NO6. The van der Waals surface area contributed by atoms with E-state index >= 15 is 0 Å². The standard InChI is InChI=1S/C18H23NO6/c1-4-24-17(21)19-9-7-18(8-10-19)11-13(20)12-5-6-14(22-2)16(23-3)15(12)25-18/h5-6H,4,7-11H2,1-3H3. The third-order valence-electron chi connectivity index (χ3n) is 4.80. The highest BCUT2D eigenvalue weighted by Gasteiger charge is 2.45. The van der Waals surface area contributed by atoms with Crippen LogP contribution in [-0.2, 0) is 4.74 Å². The van der Waals surface area contributed by atoms with E-state index in [1.54, 1.807) is 31.1 Å². The molecule has 1 fully saturated rings. The maximum atomic E-state index is 12.7. The van der Waals surface area contributed by atoms with Crippen molar-refractivity contribution in [3.8, 4) is 17.2 Å². The van der Waals surface area contributed by atoms with Crippen LogP contribution in [-0.4, -0.2) is 56.3 Å². The van der Waals surface area contributed by atoms with Crippen LogP contribution in [0.4, 0.5) is 4.79 Å². The van der Waals surface area contributed by atoms with Gasteiger partial charge in [-0.3, -0.25) is 4.79 Å². The van der Waals surface area contributed by atoms with Gasteiger partial charge < -0.3 is 23.8 Å². The minimum Gasteiger partial charge on any atom is -0.493 e. The second kappa shape index (κ2) is 6.82. The van der Waals surface area contributed by atoms with Gasteiger partial charge in [0.1, 0.15) is 5.60 Å². The number of carbonyl (C=O) groups is 2. The van der Waals surface area contributed by atoms with Gasteiger partial charge in [0.05, 0.1) is 32.8 Å². The Kier molecular flexibility index (Phi) is 4.74. The second-order valence-corrected chi connectivity index (χ2v) is 6.25. The van der Waals surface area contributed by atoms with Gasteiger partial charge in [-0.25, -0.2) is 4.79 Å². The van der Waals surface area contributed by atoms with Gasteiger partial charge in [-0.1, -0.05) is 0 Å². The van der Waals surface area contributed by atoms with Crippen LogP contribution in [0.2, 0.25) is 0 Å². The number of hydrogen-bond donors (Lipinski definition) is 0. The molecule has 1 aromatic carbocycles. The van der Waals surface area contributed by atoms with E-state index in [1.807, 2.05) is 0 Å². The normalized spacial score (nSPS) is 18.4. The molecule has 7 heteroatoms. The first-order valence-corrected chi connectivity index (χ1v) is 8.42. The SMILES string of the molecule is CCOC(=O)N1CCC2(CC1)CC(=O)c1ccc(OC)c(OC)c1O2. The lowest BCUT2D eigenvalue weighted by Gasteiger charge is -2.43. The van der Waals surface area contributed by atoms with Gasteiger partial charge in [0, 0.05) is 25.9 Å². The molecule has 1 aromatic rings. The number of nitrogens with zero attached hydrogens (tertiary/aromatic N) is 1. The maximum Gasteiger partial charge on any atom is 0.409 e. The van der Waals surface area contributed by atoms with Crippen molar-refractivity contribution in [3.63, 3.8) is 0 Å². The van der Waals surface area contributed by atoms with Crippen molar-refractivity contribution in [3.05, 3.63) is 17.7 Å². The number of piperidine rings is 1. The van der Waals surface area contributed by atoms with Gasteiger partial charge in [0.2, 0.25) is 5.75 Å². The summed E-state index contributed by atoms with van der Waals surface area (Å²) in [7, 11) is 3.07. The second-order valence-electron chi connectivity index (χ2n) is 6.25. The fourth-order valence-corrected chi connectivity index (χ4v) is 3.45. The molecule has 1 amide bonds. The summed E-state index contributed by atoms with van der Waals surface area (Å²) < 4.78 is 22.0. The number of fused-ring (bicyclic) bond motifs is 1. The summed E-state index contributed by atoms with van der Waals surface area (Å²) >= 11 is 0. The summed E-state index contributed by atoms with van der Waals surface area (Å²) in [6.45, 7) is 3.12. The van der Waals surface area contributed by atoms with E-state index in [2.05, 4.69) is 0 Å². The number of benzene rings is 1. The van der Waals surface area contributed by atoms with Crippen LogP contribution in [0.1, 0.15) is 36.5 Å². The van der Waals surface area contributed by atoms with Crippen molar-refractivity contribution in [2.75, 3.05) is 33.9 Å². The number of ether oxygens (including phenoxy) is 4. The number of carbonyl (C=O) groups excluding carboxylic acids is 2. The highest BCUT2D eigenvalue weighted by molar-refractivity contribution is 6.01. The van der Waals surface area contributed by atoms with Gasteiger partial charge in [0.25, 0.3) is 0 Å². The Hall–Kier alpha value is -2.44. The van der Waals surface area contributed by atoms with E-state index in [0.29, 0.717) is 61.8 Å². The van der Waals surface area contributed by atoms with Crippen molar-refractivity contribution in [1.29, 1.82) is 0 Å². The summed E-state index contributed by atoms with van der Waals surface area (Å²) in [5.74, 6) is 1.41. The molecule has 0 bridgehead atoms. The van der Waals surface area contributed by atoms with Crippen LogP contribution in [0.15, 0.2) is 12.1 Å². The molecule has 0 radical (unpaired) electrons. The first-order chi connectivity index (χ1) is 12.0. The van der Waals surface area contributed by atoms with Gasteiger partial charge in [-0.15, -0.1) is 0 Å². The highest BCUT2D eigenvalue weighted by Crippen LogP contribution is 2.47. The molecule has 0 aromatic heterocycles. The summed E-state index contributed by atoms with van der Waals surface area (Å²) in [4.78, 5) is 26.2. The number of likely N-dealkylation sites (tertiary alicyclic amines) is 1. The molecule has 0 aliphatic carbocycles. The Morgan fingerprint density at radius 1 is 1.24 bits per heavy atom. The average molecular weight is 349 g/mol. The van der Waals surface area contributed by atoms with Gasteiger partial charge in [-0.05, 0) is 19.1 Å². The van der Waals surface area contributed by atoms with E-state index in [0.717, 1.165) is 0 Å². The molecule has 0 atom stereocenters. The van der Waals surface area contributed by atoms with Crippen LogP contribution in [0.25, 0.3) is 0 Å². The van der Waals surface area contributed by atoms with Crippen LogP contribution >= 0.6 is 0 Å². The van der Waals surface area contributed by atoms with E-state index in [9.17, 15) is 9.59 Å². The molecule has 136 valence electrons. The first-order valence-electron chi connectivity index (χ1n) is 8.42. The lowest BCUT2D eigenvalue weighted by atomic mass is 9.82. The molecule has 2 aliphatic rings. The Morgan fingerprint density at radius 3 is 2.56 bits per heavy atom. The number of ketones is 1. The maximum absolute atomic E-state index is 12.7. The van der Waals surface area contributed by atoms with E-state index in [1.165, 1.54) is 7.11 Å². The Bertz CT molecular complexity index is 678. The average Bonchev–Trinajstić information content (AvgIpc) is 2.61. The quantitative estimate of drug-likeness (QED) is 0.835. The number of rotatable bonds is 3. The smallest absolute Gasteiger partial charge is 0.409 e. The van der Waals surface area contributed by atoms with E-state index < -0.39 is 5.60 Å². The third-order valence-corrected chi connectivity index (χ3v) is 4.80. The van der Waals surface area contributed by atoms with Crippen molar-refractivity contribution in [2.24, 2.45) is 0 Å². The van der Waals surface area contributed by atoms with Crippen LogP contribution in [0.3, 0.4) is 0 Å². The predicted octanol–water partition coefficient (Wildman–Crippen LogP) is 2.66. The Morgan fingerprint density at radius 2 is 1.96 bits per heavy atom. The summed E-state index contributed by atoms with van der Waals surface area (Å²) in [6, 6.07) is 3.42. The number of amides is 1. The largest absolute Gasteiger partial charge is 0.493 e. The fraction of sp³-hybridized carbons (Fsp3) is 0.556. The van der Waals surface area contributed by atoms with Crippen molar-refractivity contribution >= 4 is 11.9 Å². The summed E-state index contributed by atoms with van der Waals surface area (Å²) in [6.07, 6.45) is 1.11. The molecular weight excluding hydrogens is 326 g/mol. The van der Waals surface area contributed by atoms with Crippen molar-refractivity contribution < 1.29 is 28.5 Å². The minimum atomic E-state index is -0.618. The minimum absolute atomic E-state index is 0.0202. The summed E-state index contributed by atoms with van der Waals surface area (Å²) in [5, 5.41) is 0. The van der Waals surface area contributed by atoms with Gasteiger partial charge in [-0.2, -0.15) is 0 Å². The van der Waals surface area contributed by atoms with Crippen LogP contribution in [0, 0.1) is 0 Å². The Balaban J connectivity index is 1.84. The van der Waals surface area contributed by atoms with Gasteiger partial charge >= 0.3 is 6.09 Å². The zero-order valence-corrected chi connectivity index (χ0v) is 14.8. The number of methoxy groups -OCH3 is 2. The predicted molar refractivity (Wildman–Crippen MR) is 89.7 cm³/mol. The Labute approximate surface area is 146 Å². The number of hydrogen-bond acceptors (Lipinski definition) is 6. The molecule has 0 unspecified atom stereocenters. The molecule has 7 nitrogen and oxygen atoms in total. The zero-order valence-electron chi connectivity index (χ0n) is 14.8. The van der Waals surface area contributed by atoms with Crippen LogP contribution in [0.5, 0.6) is 17.2 Å². The molecule has 1 saturated heterocycles. The number of Topliss-reactive ketones (excluding diaryl/α,β-unsaturated/α-hetero) is 1. The van der Waals surface area contributed by atoms with Gasteiger partial charge in [0.15, 0.2) is 17.3 Å². The first kappa shape index (κ1) is 17.4.